The van der Waals surface area contributed by atoms with E-state index in [-0.39, 0.29) is 23.7 Å². The molecule has 0 bridgehead atoms. The van der Waals surface area contributed by atoms with Gasteiger partial charge >= 0.3 is 6.09 Å². The molecule has 0 aromatic heterocycles. The van der Waals surface area contributed by atoms with Crippen molar-refractivity contribution >= 4 is 12.1 Å². The van der Waals surface area contributed by atoms with Gasteiger partial charge in [0.2, 0.25) is 0 Å². The average molecular weight is 385 g/mol. The largest absolute Gasteiger partial charge is 0.444 e. The van der Waals surface area contributed by atoms with Crippen molar-refractivity contribution in [3.05, 3.63) is 0 Å². The molecule has 0 aliphatic carbocycles. The van der Waals surface area contributed by atoms with Crippen LogP contribution in [0.15, 0.2) is 4.99 Å². The zero-order valence-corrected chi connectivity index (χ0v) is 18.0. The lowest BCUT2D eigenvalue weighted by atomic mass is 9.89. The lowest BCUT2D eigenvalue weighted by Crippen LogP contribution is -2.55. The van der Waals surface area contributed by atoms with Crippen molar-refractivity contribution in [2.24, 2.45) is 10.4 Å². The Labute approximate surface area is 163 Å². The van der Waals surface area contributed by atoms with Gasteiger partial charge < -0.3 is 24.8 Å². The van der Waals surface area contributed by atoms with Crippen LogP contribution in [-0.4, -0.2) is 73.8 Å². The maximum Gasteiger partial charge on any atom is 0.412 e. The number of nitrogens with one attached hydrogen (secondary N) is 2. The Hall–Kier alpha value is -1.54. The van der Waals surface area contributed by atoms with Gasteiger partial charge in [-0.1, -0.05) is 6.92 Å². The van der Waals surface area contributed by atoms with Gasteiger partial charge in [0.05, 0.1) is 25.4 Å². The van der Waals surface area contributed by atoms with Crippen LogP contribution in [0.2, 0.25) is 0 Å². The fourth-order valence-corrected chi connectivity index (χ4v) is 3.39. The first-order valence-corrected chi connectivity index (χ1v) is 9.59. The molecule has 2 aliphatic rings. The van der Waals surface area contributed by atoms with Crippen LogP contribution in [-0.2, 0) is 14.2 Å². The first kappa shape index (κ1) is 21.8. The SMILES string of the molecule is CN=C(NCC1C(C)OC(C)(C)N1C(=O)OC(C)(C)C)NCC1(C)COC1. The lowest BCUT2D eigenvalue weighted by Gasteiger charge is -2.38. The van der Waals surface area contributed by atoms with E-state index in [9.17, 15) is 4.79 Å². The number of hydrogen-bond donors (Lipinski definition) is 2. The predicted octanol–water partition coefficient (Wildman–Crippen LogP) is 1.95. The van der Waals surface area contributed by atoms with Gasteiger partial charge in [-0.3, -0.25) is 9.89 Å². The van der Waals surface area contributed by atoms with Crippen LogP contribution in [0.3, 0.4) is 0 Å². The van der Waals surface area contributed by atoms with Gasteiger partial charge in [-0.2, -0.15) is 0 Å². The molecule has 1 amide bonds. The number of carbonyl (C=O) groups is 1. The van der Waals surface area contributed by atoms with E-state index in [1.807, 2.05) is 41.5 Å². The van der Waals surface area contributed by atoms with Gasteiger partial charge in [0.25, 0.3) is 0 Å². The smallest absolute Gasteiger partial charge is 0.412 e. The van der Waals surface area contributed by atoms with Crippen LogP contribution in [0.25, 0.3) is 0 Å². The molecule has 2 saturated heterocycles. The molecule has 27 heavy (non-hydrogen) atoms. The fraction of sp³-hybridized carbons (Fsp3) is 0.895. The van der Waals surface area contributed by atoms with Crippen molar-refractivity contribution in [2.75, 3.05) is 33.4 Å². The number of ether oxygens (including phenoxy) is 3. The van der Waals surface area contributed by atoms with E-state index in [0.29, 0.717) is 12.5 Å². The third kappa shape index (κ3) is 5.48. The number of nitrogens with zero attached hydrogens (tertiary/aromatic N) is 2. The van der Waals surface area contributed by atoms with Crippen molar-refractivity contribution in [1.82, 2.24) is 15.5 Å². The monoisotopic (exact) mass is 384 g/mol. The topological polar surface area (TPSA) is 84.4 Å². The number of guanidine groups is 1. The molecule has 0 aromatic rings. The summed E-state index contributed by atoms with van der Waals surface area (Å²) in [6.45, 7) is 16.3. The summed E-state index contributed by atoms with van der Waals surface area (Å²) in [7, 11) is 1.74. The highest BCUT2D eigenvalue weighted by molar-refractivity contribution is 5.79. The summed E-state index contributed by atoms with van der Waals surface area (Å²) >= 11 is 0. The number of aliphatic imine (C=N–C) groups is 1. The summed E-state index contributed by atoms with van der Waals surface area (Å²) in [4.78, 5) is 18.8. The third-order valence-corrected chi connectivity index (χ3v) is 4.80. The molecule has 156 valence electrons. The van der Waals surface area contributed by atoms with Gasteiger partial charge in [0.1, 0.15) is 11.3 Å². The normalized spacial score (nSPS) is 27.1. The predicted molar refractivity (Wildman–Crippen MR) is 105 cm³/mol. The summed E-state index contributed by atoms with van der Waals surface area (Å²) in [5, 5.41) is 6.65. The zero-order chi connectivity index (χ0) is 20.5. The Bertz CT molecular complexity index is 567. The number of amides is 1. The standard InChI is InChI=1S/C19H36N4O4/c1-13-14(9-21-15(20-8)22-10-19(7)11-25-12-19)23(18(5,6)26-13)16(24)27-17(2,3)4/h13-14H,9-12H2,1-8H3,(H2,20,21,22). The van der Waals surface area contributed by atoms with Crippen LogP contribution in [0.4, 0.5) is 4.79 Å². The summed E-state index contributed by atoms with van der Waals surface area (Å²) in [5.74, 6) is 0.698. The molecule has 0 spiro atoms. The summed E-state index contributed by atoms with van der Waals surface area (Å²) < 4.78 is 16.9. The highest BCUT2D eigenvalue weighted by Crippen LogP contribution is 2.33. The minimum Gasteiger partial charge on any atom is -0.444 e. The van der Waals surface area contributed by atoms with Crippen LogP contribution in [0, 0.1) is 5.41 Å². The molecule has 2 heterocycles. The Kier molecular flexibility index (Phi) is 6.31. The van der Waals surface area contributed by atoms with E-state index >= 15 is 0 Å². The summed E-state index contributed by atoms with van der Waals surface area (Å²) in [6.07, 6.45) is -0.499. The Morgan fingerprint density at radius 1 is 1.26 bits per heavy atom. The summed E-state index contributed by atoms with van der Waals surface area (Å²) in [6, 6.07) is -0.170. The highest BCUT2D eigenvalue weighted by atomic mass is 16.6. The molecule has 8 nitrogen and oxygen atoms in total. The quantitative estimate of drug-likeness (QED) is 0.569. The van der Waals surface area contributed by atoms with E-state index in [1.54, 1.807) is 11.9 Å². The molecular weight excluding hydrogens is 348 g/mol. The van der Waals surface area contributed by atoms with Crippen molar-refractivity contribution in [3.63, 3.8) is 0 Å². The molecule has 2 unspecified atom stereocenters. The first-order chi connectivity index (χ1) is 12.4. The molecule has 2 rings (SSSR count). The zero-order valence-electron chi connectivity index (χ0n) is 18.0. The van der Waals surface area contributed by atoms with E-state index in [1.165, 1.54) is 0 Å². The molecule has 0 saturated carbocycles. The molecule has 8 heteroatoms. The van der Waals surface area contributed by atoms with Crippen molar-refractivity contribution in [1.29, 1.82) is 0 Å². The maximum atomic E-state index is 12.8. The van der Waals surface area contributed by atoms with Crippen molar-refractivity contribution in [3.8, 4) is 0 Å². The Morgan fingerprint density at radius 3 is 2.37 bits per heavy atom. The molecule has 0 aromatic carbocycles. The van der Waals surface area contributed by atoms with Gasteiger partial charge in [-0.15, -0.1) is 0 Å². The highest BCUT2D eigenvalue weighted by Gasteiger charge is 2.49. The van der Waals surface area contributed by atoms with Gasteiger partial charge in [-0.25, -0.2) is 4.79 Å². The Balaban J connectivity index is 1.99. The fourth-order valence-electron chi connectivity index (χ4n) is 3.39. The molecule has 2 fully saturated rings. The first-order valence-electron chi connectivity index (χ1n) is 9.59. The number of carbonyl (C=O) groups excluding carboxylic acids is 1. The van der Waals surface area contributed by atoms with Crippen LogP contribution >= 0.6 is 0 Å². The molecule has 2 N–H and O–H groups in total. The molecule has 0 radical (unpaired) electrons. The minimum atomic E-state index is -0.734. The molecule has 2 atom stereocenters. The Morgan fingerprint density at radius 2 is 1.89 bits per heavy atom. The molecular formula is C19H36N4O4. The van der Waals surface area contributed by atoms with E-state index in [0.717, 1.165) is 19.8 Å². The van der Waals surface area contributed by atoms with Crippen molar-refractivity contribution in [2.45, 2.75) is 71.9 Å². The van der Waals surface area contributed by atoms with Crippen LogP contribution in [0.1, 0.15) is 48.5 Å². The van der Waals surface area contributed by atoms with Gasteiger partial charge in [0, 0.05) is 25.6 Å². The average Bonchev–Trinajstić information content (AvgIpc) is 2.72. The van der Waals surface area contributed by atoms with Gasteiger partial charge in [0.15, 0.2) is 5.96 Å². The van der Waals surface area contributed by atoms with Crippen LogP contribution < -0.4 is 10.6 Å². The molecule has 2 aliphatic heterocycles. The third-order valence-electron chi connectivity index (χ3n) is 4.80. The lowest BCUT2D eigenvalue weighted by molar-refractivity contribution is -0.0971. The minimum absolute atomic E-state index is 0.129. The van der Waals surface area contributed by atoms with Crippen LogP contribution in [0.5, 0.6) is 0 Å². The van der Waals surface area contributed by atoms with E-state index in [4.69, 9.17) is 14.2 Å². The maximum absolute atomic E-state index is 12.8. The van der Waals surface area contributed by atoms with E-state index in [2.05, 4.69) is 22.5 Å². The number of hydrogen-bond acceptors (Lipinski definition) is 5. The number of rotatable bonds is 4. The van der Waals surface area contributed by atoms with Crippen molar-refractivity contribution < 1.29 is 19.0 Å². The van der Waals surface area contributed by atoms with Gasteiger partial charge in [-0.05, 0) is 41.5 Å². The second kappa shape index (κ2) is 7.83. The van der Waals surface area contributed by atoms with E-state index < -0.39 is 11.3 Å². The second-order valence-electron chi connectivity index (χ2n) is 9.30. The second-order valence-corrected chi connectivity index (χ2v) is 9.30. The summed E-state index contributed by atoms with van der Waals surface area (Å²) in [5.41, 5.74) is -1.15.